The molecular weight excluding hydrogens is 611 g/mol. The van der Waals surface area contributed by atoms with Crippen molar-refractivity contribution >= 4 is 13.7 Å². The van der Waals surface area contributed by atoms with Crippen LogP contribution in [0.4, 0.5) is 0 Å². The molecule has 3 atom stereocenters. The van der Waals surface area contributed by atoms with E-state index in [0.29, 0.717) is 17.4 Å². The first-order chi connectivity index (χ1) is 22.5. The average Bonchev–Trinajstić information content (AvgIpc) is 3.01. The van der Waals surface area contributed by atoms with E-state index in [1.54, 1.807) is 6.08 Å². The number of phosphoric acid groups is 1. The van der Waals surface area contributed by atoms with Gasteiger partial charge in [-0.25, -0.2) is 4.57 Å². The van der Waals surface area contributed by atoms with Gasteiger partial charge in [-0.15, -0.1) is 0 Å². The molecule has 0 spiro atoms. The van der Waals surface area contributed by atoms with E-state index in [9.17, 15) is 19.4 Å². The van der Waals surface area contributed by atoms with E-state index in [2.05, 4.69) is 43.5 Å². The molecule has 0 aromatic heterocycles. The standard InChI is InChI=1S/C38H73N2O6P/c1-6-8-10-12-14-16-18-19-20-21-22-23-25-27-29-31-37(41)36(35-46-47(43,44)45-34-33-40(3,4)5)39-38(42)32-30-28-26-24-17-15-13-11-9-7-2/h11,13,22-23,29,31,36-37,41H,6-10,12,14-21,24-28,30,32-35H2,1-5H3,(H-,39,42,43,44)/p+1/b13-11-,23-22+,31-29+. The number of phosphoric ester groups is 1. The van der Waals surface area contributed by atoms with Gasteiger partial charge in [0.05, 0.1) is 39.9 Å². The quantitative estimate of drug-likeness (QED) is 0.0275. The van der Waals surface area contributed by atoms with E-state index in [1.807, 2.05) is 27.2 Å². The van der Waals surface area contributed by atoms with Crippen LogP contribution in [0.15, 0.2) is 36.5 Å². The molecule has 8 nitrogen and oxygen atoms in total. The molecule has 0 aliphatic carbocycles. The Hall–Kier alpha value is -1.28. The highest BCUT2D eigenvalue weighted by atomic mass is 31.2. The summed E-state index contributed by atoms with van der Waals surface area (Å²) in [7, 11) is 1.54. The molecule has 276 valence electrons. The van der Waals surface area contributed by atoms with Crippen LogP contribution in [0.2, 0.25) is 0 Å². The van der Waals surface area contributed by atoms with Gasteiger partial charge in [-0.05, 0) is 51.4 Å². The molecular formula is C38H74N2O6P+. The van der Waals surface area contributed by atoms with Crippen molar-refractivity contribution in [1.82, 2.24) is 5.32 Å². The van der Waals surface area contributed by atoms with E-state index in [0.717, 1.165) is 64.2 Å². The molecule has 0 aromatic rings. The molecule has 0 fully saturated rings. The highest BCUT2D eigenvalue weighted by Gasteiger charge is 2.27. The number of nitrogens with one attached hydrogen (secondary N) is 1. The zero-order valence-corrected chi connectivity index (χ0v) is 31.9. The van der Waals surface area contributed by atoms with E-state index < -0.39 is 20.0 Å². The molecule has 0 rings (SSSR count). The van der Waals surface area contributed by atoms with Crippen molar-refractivity contribution in [2.75, 3.05) is 40.9 Å². The lowest BCUT2D eigenvalue weighted by atomic mass is 10.1. The Balaban J connectivity index is 4.61. The molecule has 9 heteroatoms. The van der Waals surface area contributed by atoms with Crippen molar-refractivity contribution in [3.05, 3.63) is 36.5 Å². The van der Waals surface area contributed by atoms with Gasteiger partial charge in [-0.2, -0.15) is 0 Å². The number of hydrogen-bond acceptors (Lipinski definition) is 5. The van der Waals surface area contributed by atoms with Crippen LogP contribution in [0.3, 0.4) is 0 Å². The third kappa shape index (κ3) is 33.0. The predicted octanol–water partition coefficient (Wildman–Crippen LogP) is 9.57. The fourth-order valence-corrected chi connectivity index (χ4v) is 5.73. The minimum Gasteiger partial charge on any atom is -0.387 e. The number of unbranched alkanes of at least 4 members (excludes halogenated alkanes) is 16. The molecule has 47 heavy (non-hydrogen) atoms. The van der Waals surface area contributed by atoms with Crippen LogP contribution in [0.1, 0.15) is 149 Å². The van der Waals surface area contributed by atoms with Crippen LogP contribution in [0, 0.1) is 0 Å². The summed E-state index contributed by atoms with van der Waals surface area (Å²) in [5.41, 5.74) is 0. The summed E-state index contributed by atoms with van der Waals surface area (Å²) in [4.78, 5) is 22.9. The number of carbonyl (C=O) groups is 1. The number of amides is 1. The van der Waals surface area contributed by atoms with Gasteiger partial charge < -0.3 is 19.8 Å². The van der Waals surface area contributed by atoms with Gasteiger partial charge in [0.2, 0.25) is 5.91 Å². The van der Waals surface area contributed by atoms with E-state index >= 15 is 0 Å². The van der Waals surface area contributed by atoms with Crippen LogP contribution < -0.4 is 5.32 Å². The lowest BCUT2D eigenvalue weighted by molar-refractivity contribution is -0.870. The second-order valence-corrected chi connectivity index (χ2v) is 15.4. The third-order valence-corrected chi connectivity index (χ3v) is 9.05. The monoisotopic (exact) mass is 686 g/mol. The third-order valence-electron chi connectivity index (χ3n) is 8.06. The number of rotatable bonds is 33. The molecule has 0 radical (unpaired) electrons. The minimum absolute atomic E-state index is 0.0540. The normalized spacial score (nSPS) is 15.1. The molecule has 1 amide bonds. The second-order valence-electron chi connectivity index (χ2n) is 13.9. The topological polar surface area (TPSA) is 105 Å². The molecule has 0 saturated carbocycles. The van der Waals surface area contributed by atoms with Gasteiger partial charge in [0, 0.05) is 6.42 Å². The first-order valence-electron chi connectivity index (χ1n) is 18.9. The van der Waals surface area contributed by atoms with Gasteiger partial charge in [-0.1, -0.05) is 127 Å². The van der Waals surface area contributed by atoms with Crippen LogP contribution in [0.25, 0.3) is 0 Å². The molecule has 3 N–H and O–H groups in total. The summed E-state index contributed by atoms with van der Waals surface area (Å²) in [6.45, 7) is 4.69. The highest BCUT2D eigenvalue weighted by molar-refractivity contribution is 7.47. The largest absolute Gasteiger partial charge is 0.472 e. The molecule has 0 bridgehead atoms. The van der Waals surface area contributed by atoms with Crippen molar-refractivity contribution in [3.8, 4) is 0 Å². The summed E-state index contributed by atoms with van der Waals surface area (Å²) in [6.07, 6.45) is 35.0. The maximum atomic E-state index is 12.7. The van der Waals surface area contributed by atoms with Crippen LogP contribution in [0.5, 0.6) is 0 Å². The summed E-state index contributed by atoms with van der Waals surface area (Å²) >= 11 is 0. The number of quaternary nitrogens is 1. The van der Waals surface area contributed by atoms with Gasteiger partial charge in [0.15, 0.2) is 0 Å². The van der Waals surface area contributed by atoms with Crippen LogP contribution in [-0.4, -0.2) is 73.4 Å². The highest BCUT2D eigenvalue weighted by Crippen LogP contribution is 2.43. The van der Waals surface area contributed by atoms with Crippen LogP contribution >= 0.6 is 7.82 Å². The first-order valence-corrected chi connectivity index (χ1v) is 20.4. The van der Waals surface area contributed by atoms with Crippen molar-refractivity contribution in [3.63, 3.8) is 0 Å². The Kier molecular flexibility index (Phi) is 29.9. The van der Waals surface area contributed by atoms with Crippen LogP contribution in [-0.2, 0) is 18.4 Å². The predicted molar refractivity (Wildman–Crippen MR) is 198 cm³/mol. The van der Waals surface area contributed by atoms with E-state index in [1.165, 1.54) is 64.2 Å². The van der Waals surface area contributed by atoms with Gasteiger partial charge in [0.25, 0.3) is 0 Å². The van der Waals surface area contributed by atoms with Gasteiger partial charge in [-0.3, -0.25) is 13.8 Å². The molecule has 3 unspecified atom stereocenters. The number of hydrogen-bond donors (Lipinski definition) is 3. The van der Waals surface area contributed by atoms with Crippen molar-refractivity contribution < 1.29 is 32.9 Å². The van der Waals surface area contributed by atoms with Gasteiger partial charge in [0.1, 0.15) is 13.2 Å². The van der Waals surface area contributed by atoms with E-state index in [4.69, 9.17) is 9.05 Å². The number of likely N-dealkylation sites (N-methyl/N-ethyl adjacent to an activating group) is 1. The summed E-state index contributed by atoms with van der Waals surface area (Å²) in [5.74, 6) is -0.202. The number of nitrogens with zero attached hydrogens (tertiary/aromatic N) is 1. The average molecular weight is 686 g/mol. The lowest BCUT2D eigenvalue weighted by Crippen LogP contribution is -2.45. The van der Waals surface area contributed by atoms with Gasteiger partial charge >= 0.3 is 7.82 Å². The molecule has 0 aliphatic heterocycles. The SMILES string of the molecule is CCC/C=C\CCCCCCCC(=O)NC(COP(=O)(O)OCC[N+](C)(C)C)C(O)/C=C/CC/C=C/CCCCCCCCCCC. The Labute approximate surface area is 289 Å². The molecule has 0 aliphatic rings. The minimum atomic E-state index is -4.34. The van der Waals surface area contributed by atoms with Crippen molar-refractivity contribution in [2.45, 2.75) is 161 Å². The summed E-state index contributed by atoms with van der Waals surface area (Å²) < 4.78 is 23.4. The van der Waals surface area contributed by atoms with Crippen molar-refractivity contribution in [1.29, 1.82) is 0 Å². The Morgan fingerprint density at radius 1 is 0.702 bits per heavy atom. The molecule has 0 saturated heterocycles. The maximum absolute atomic E-state index is 12.7. The summed E-state index contributed by atoms with van der Waals surface area (Å²) in [6, 6.07) is -0.863. The molecule has 0 heterocycles. The lowest BCUT2D eigenvalue weighted by Gasteiger charge is -2.25. The number of aliphatic hydroxyl groups is 1. The fraction of sp³-hybridized carbons (Fsp3) is 0.816. The zero-order chi connectivity index (χ0) is 35.1. The van der Waals surface area contributed by atoms with Crippen molar-refractivity contribution in [2.24, 2.45) is 0 Å². The maximum Gasteiger partial charge on any atom is 0.472 e. The second kappa shape index (κ2) is 30.8. The Morgan fingerprint density at radius 2 is 1.21 bits per heavy atom. The number of carbonyl (C=O) groups excluding carboxylic acids is 1. The summed E-state index contributed by atoms with van der Waals surface area (Å²) in [5, 5.41) is 13.7. The Morgan fingerprint density at radius 3 is 1.79 bits per heavy atom. The number of allylic oxidation sites excluding steroid dienone is 5. The number of aliphatic hydroxyl groups excluding tert-OH is 1. The smallest absolute Gasteiger partial charge is 0.387 e. The van der Waals surface area contributed by atoms with E-state index in [-0.39, 0.29) is 19.1 Å². The molecule has 0 aromatic carbocycles. The first kappa shape index (κ1) is 45.7. The Bertz CT molecular complexity index is 871. The fourth-order valence-electron chi connectivity index (χ4n) is 5.00. The zero-order valence-electron chi connectivity index (χ0n) is 31.0.